The molecule has 9 nitrogen and oxygen atoms in total. The fourth-order valence-corrected chi connectivity index (χ4v) is 3.13. The van der Waals surface area contributed by atoms with Crippen molar-refractivity contribution in [3.8, 4) is 10.8 Å². The first kappa shape index (κ1) is 17.2. The zero-order chi connectivity index (χ0) is 17.8. The van der Waals surface area contributed by atoms with Crippen molar-refractivity contribution in [3.05, 3.63) is 28.1 Å². The van der Waals surface area contributed by atoms with Gasteiger partial charge in [-0.25, -0.2) is 9.59 Å². The van der Waals surface area contributed by atoms with Crippen LogP contribution in [0.1, 0.15) is 6.92 Å². The first-order valence-corrected chi connectivity index (χ1v) is 8.77. The average Bonchev–Trinajstić information content (AvgIpc) is 3.25. The van der Waals surface area contributed by atoms with Gasteiger partial charge in [-0.3, -0.25) is 4.79 Å². The van der Waals surface area contributed by atoms with Crippen molar-refractivity contribution >= 4 is 23.3 Å². The molecule has 0 saturated carbocycles. The van der Waals surface area contributed by atoms with Crippen molar-refractivity contribution in [1.82, 2.24) is 19.6 Å². The highest BCUT2D eigenvalue weighted by Crippen LogP contribution is 2.21. The Morgan fingerprint density at radius 1 is 1.28 bits per heavy atom. The Bertz CT molecular complexity index is 789. The lowest BCUT2D eigenvalue weighted by molar-refractivity contribution is -0.133. The number of hydrogen-bond acceptors (Lipinski definition) is 7. The molecule has 0 aromatic carbocycles. The zero-order valence-electron chi connectivity index (χ0n) is 13.7. The van der Waals surface area contributed by atoms with Crippen LogP contribution in [0.2, 0.25) is 0 Å². The van der Waals surface area contributed by atoms with Gasteiger partial charge in [0.1, 0.15) is 6.54 Å². The van der Waals surface area contributed by atoms with Crippen LogP contribution in [0.4, 0.5) is 4.79 Å². The second-order valence-corrected chi connectivity index (χ2v) is 6.32. The van der Waals surface area contributed by atoms with E-state index in [1.54, 1.807) is 22.8 Å². The summed E-state index contributed by atoms with van der Waals surface area (Å²) in [4.78, 5) is 39.8. The number of carbonyl (C=O) groups is 2. The number of hydrogen-bond donors (Lipinski definition) is 0. The summed E-state index contributed by atoms with van der Waals surface area (Å²) in [5.74, 6) is -0.696. The number of amides is 2. The molecule has 0 atom stereocenters. The minimum atomic E-state index is -0.665. The van der Waals surface area contributed by atoms with E-state index in [0.717, 1.165) is 9.56 Å². The van der Waals surface area contributed by atoms with Gasteiger partial charge in [0.15, 0.2) is 0 Å². The molecule has 0 bridgehead atoms. The van der Waals surface area contributed by atoms with Gasteiger partial charge in [0.05, 0.1) is 11.5 Å². The molecular formula is C15H18N4O5S. The molecule has 0 unspecified atom stereocenters. The van der Waals surface area contributed by atoms with E-state index >= 15 is 0 Å². The van der Waals surface area contributed by atoms with Crippen molar-refractivity contribution < 1.29 is 18.7 Å². The average molecular weight is 366 g/mol. The number of ether oxygens (including phenoxy) is 1. The van der Waals surface area contributed by atoms with Gasteiger partial charge in [-0.2, -0.15) is 4.68 Å². The number of aromatic nitrogens is 2. The first-order valence-electron chi connectivity index (χ1n) is 7.89. The standard InChI is InChI=1S/C15H18N4O5S/c1-2-23-14(21)18-7-5-17(6-8-18)12(20)10-19-15(22)24-13(16-19)11-4-3-9-25-11/h3-4,9H,2,5-8,10H2,1H3. The number of thiophene rings is 1. The van der Waals surface area contributed by atoms with Crippen molar-refractivity contribution in [2.45, 2.75) is 13.5 Å². The van der Waals surface area contributed by atoms with Gasteiger partial charge in [0.25, 0.3) is 5.89 Å². The Hall–Kier alpha value is -2.62. The van der Waals surface area contributed by atoms with Crippen LogP contribution < -0.4 is 5.76 Å². The second kappa shape index (κ2) is 7.51. The van der Waals surface area contributed by atoms with Crippen LogP contribution in [0.25, 0.3) is 10.8 Å². The van der Waals surface area contributed by atoms with Crippen LogP contribution in [-0.4, -0.2) is 64.4 Å². The quantitative estimate of drug-likeness (QED) is 0.796. The predicted molar refractivity (Wildman–Crippen MR) is 89.3 cm³/mol. The molecule has 0 spiro atoms. The third kappa shape index (κ3) is 3.90. The Morgan fingerprint density at radius 3 is 2.64 bits per heavy atom. The fourth-order valence-electron chi connectivity index (χ4n) is 2.49. The van der Waals surface area contributed by atoms with Gasteiger partial charge < -0.3 is 19.0 Å². The summed E-state index contributed by atoms with van der Waals surface area (Å²) in [6.45, 7) is 3.46. The lowest BCUT2D eigenvalue weighted by atomic mass is 10.3. The van der Waals surface area contributed by atoms with Gasteiger partial charge in [-0.1, -0.05) is 6.07 Å². The van der Waals surface area contributed by atoms with E-state index in [1.807, 2.05) is 11.4 Å². The molecule has 2 amide bonds. The SMILES string of the molecule is CCOC(=O)N1CCN(C(=O)Cn2nc(-c3cccs3)oc2=O)CC1. The van der Waals surface area contributed by atoms with E-state index < -0.39 is 5.76 Å². The maximum Gasteiger partial charge on any atom is 0.437 e. The molecule has 1 fully saturated rings. The largest absolute Gasteiger partial charge is 0.450 e. The van der Waals surface area contributed by atoms with E-state index in [0.29, 0.717) is 32.8 Å². The summed E-state index contributed by atoms with van der Waals surface area (Å²) in [7, 11) is 0. The Kier molecular flexibility index (Phi) is 5.17. The highest BCUT2D eigenvalue weighted by molar-refractivity contribution is 7.13. The lowest BCUT2D eigenvalue weighted by Crippen LogP contribution is -2.51. The van der Waals surface area contributed by atoms with Crippen molar-refractivity contribution in [1.29, 1.82) is 0 Å². The molecule has 25 heavy (non-hydrogen) atoms. The van der Waals surface area contributed by atoms with E-state index in [-0.39, 0.29) is 24.4 Å². The molecular weight excluding hydrogens is 348 g/mol. The van der Waals surface area contributed by atoms with Gasteiger partial charge in [0, 0.05) is 26.2 Å². The molecule has 3 heterocycles. The van der Waals surface area contributed by atoms with Crippen LogP contribution in [-0.2, 0) is 16.1 Å². The summed E-state index contributed by atoms with van der Waals surface area (Å²) in [6.07, 6.45) is -0.372. The summed E-state index contributed by atoms with van der Waals surface area (Å²) in [5, 5.41) is 5.92. The van der Waals surface area contributed by atoms with Crippen LogP contribution >= 0.6 is 11.3 Å². The second-order valence-electron chi connectivity index (χ2n) is 5.37. The minimum absolute atomic E-state index is 0.187. The van der Waals surface area contributed by atoms with E-state index in [1.165, 1.54) is 11.3 Å². The monoisotopic (exact) mass is 366 g/mol. The van der Waals surface area contributed by atoms with Crippen molar-refractivity contribution in [3.63, 3.8) is 0 Å². The van der Waals surface area contributed by atoms with Gasteiger partial charge in [-0.15, -0.1) is 16.4 Å². The topological polar surface area (TPSA) is 97.9 Å². The fraction of sp³-hybridized carbons (Fsp3) is 0.467. The van der Waals surface area contributed by atoms with Crippen LogP contribution in [0.15, 0.2) is 26.7 Å². The zero-order valence-corrected chi connectivity index (χ0v) is 14.5. The smallest absolute Gasteiger partial charge is 0.437 e. The molecule has 1 aliphatic heterocycles. The maximum absolute atomic E-state index is 12.4. The molecule has 0 aliphatic carbocycles. The van der Waals surface area contributed by atoms with Gasteiger partial charge in [-0.05, 0) is 18.4 Å². The number of rotatable bonds is 4. The van der Waals surface area contributed by atoms with E-state index in [9.17, 15) is 14.4 Å². The van der Waals surface area contributed by atoms with Crippen LogP contribution in [0.3, 0.4) is 0 Å². The summed E-state index contributed by atoms with van der Waals surface area (Å²) in [5.41, 5.74) is 0. The third-order valence-electron chi connectivity index (χ3n) is 3.78. The Morgan fingerprint density at radius 2 is 2.00 bits per heavy atom. The van der Waals surface area contributed by atoms with E-state index in [4.69, 9.17) is 9.15 Å². The van der Waals surface area contributed by atoms with Gasteiger partial charge in [0.2, 0.25) is 5.91 Å². The van der Waals surface area contributed by atoms with Crippen LogP contribution in [0.5, 0.6) is 0 Å². The molecule has 0 radical (unpaired) electrons. The first-order chi connectivity index (χ1) is 12.1. The van der Waals surface area contributed by atoms with Crippen molar-refractivity contribution in [2.24, 2.45) is 0 Å². The lowest BCUT2D eigenvalue weighted by Gasteiger charge is -2.33. The maximum atomic E-state index is 12.4. The van der Waals surface area contributed by atoms with Crippen molar-refractivity contribution in [2.75, 3.05) is 32.8 Å². The Labute approximate surface area is 147 Å². The van der Waals surface area contributed by atoms with E-state index in [2.05, 4.69) is 5.10 Å². The third-order valence-corrected chi connectivity index (χ3v) is 4.64. The molecule has 10 heteroatoms. The Balaban J connectivity index is 1.59. The normalized spacial score (nSPS) is 14.6. The molecule has 2 aromatic rings. The summed E-state index contributed by atoms with van der Waals surface area (Å²) in [6, 6.07) is 3.61. The molecule has 134 valence electrons. The molecule has 2 aromatic heterocycles. The number of carbonyl (C=O) groups excluding carboxylic acids is 2. The molecule has 3 rings (SSSR count). The summed E-state index contributed by atoms with van der Waals surface area (Å²) < 4.78 is 11.1. The highest BCUT2D eigenvalue weighted by atomic mass is 32.1. The van der Waals surface area contributed by atoms with Gasteiger partial charge >= 0.3 is 11.8 Å². The highest BCUT2D eigenvalue weighted by Gasteiger charge is 2.25. The molecule has 1 aliphatic rings. The number of piperazine rings is 1. The predicted octanol–water partition coefficient (Wildman–Crippen LogP) is 0.865. The minimum Gasteiger partial charge on any atom is -0.450 e. The number of nitrogens with zero attached hydrogens (tertiary/aromatic N) is 4. The van der Waals surface area contributed by atoms with Crippen LogP contribution in [0, 0.1) is 0 Å². The summed E-state index contributed by atoms with van der Waals surface area (Å²) >= 11 is 1.40. The molecule has 0 N–H and O–H groups in total. The molecule has 1 saturated heterocycles.